The van der Waals surface area contributed by atoms with Crippen molar-refractivity contribution in [3.63, 3.8) is 0 Å². The van der Waals surface area contributed by atoms with E-state index >= 15 is 0 Å². The maximum Gasteiger partial charge on any atom is 0.307 e. The molecule has 2 rings (SSSR count). The molecule has 14 heavy (non-hydrogen) atoms. The average molecular weight is 198 g/mol. The Morgan fingerprint density at radius 3 is 2.86 bits per heavy atom. The SMILES string of the molecule is CC1CC2CC1OC(=O)CC2C(=O)O. The number of carbonyl (C=O) groups is 2. The van der Waals surface area contributed by atoms with Crippen LogP contribution in [0.25, 0.3) is 0 Å². The van der Waals surface area contributed by atoms with Crippen LogP contribution in [0, 0.1) is 17.8 Å². The summed E-state index contributed by atoms with van der Waals surface area (Å²) in [7, 11) is 0. The van der Waals surface area contributed by atoms with Crippen molar-refractivity contribution in [2.45, 2.75) is 32.3 Å². The van der Waals surface area contributed by atoms with Gasteiger partial charge < -0.3 is 9.84 Å². The molecule has 1 heterocycles. The van der Waals surface area contributed by atoms with Gasteiger partial charge in [0.05, 0.1) is 12.3 Å². The Morgan fingerprint density at radius 2 is 2.21 bits per heavy atom. The zero-order valence-electron chi connectivity index (χ0n) is 8.10. The van der Waals surface area contributed by atoms with Crippen LogP contribution in [0.5, 0.6) is 0 Å². The molecule has 4 heteroatoms. The van der Waals surface area contributed by atoms with Gasteiger partial charge in [-0.15, -0.1) is 0 Å². The summed E-state index contributed by atoms with van der Waals surface area (Å²) in [4.78, 5) is 22.2. The minimum absolute atomic E-state index is 0.0446. The number of fused-ring (bicyclic) bond motifs is 2. The first-order valence-corrected chi connectivity index (χ1v) is 5.00. The first-order valence-electron chi connectivity index (χ1n) is 5.00. The molecular formula is C10H14O4. The fraction of sp³-hybridized carbons (Fsp3) is 0.800. The number of carboxylic acids is 1. The topological polar surface area (TPSA) is 63.6 Å². The molecule has 0 aromatic heterocycles. The molecule has 1 saturated carbocycles. The normalized spacial score (nSPS) is 41.6. The minimum atomic E-state index is -0.860. The van der Waals surface area contributed by atoms with Gasteiger partial charge in [0, 0.05) is 0 Å². The Hall–Kier alpha value is -1.06. The number of carbonyl (C=O) groups excluding carboxylic acids is 1. The van der Waals surface area contributed by atoms with Gasteiger partial charge in [-0.1, -0.05) is 6.92 Å². The largest absolute Gasteiger partial charge is 0.481 e. The highest BCUT2D eigenvalue weighted by molar-refractivity contribution is 5.79. The van der Waals surface area contributed by atoms with Crippen LogP contribution >= 0.6 is 0 Å². The van der Waals surface area contributed by atoms with E-state index in [-0.39, 0.29) is 24.4 Å². The second-order valence-electron chi connectivity index (χ2n) is 4.39. The molecule has 4 atom stereocenters. The molecule has 1 aliphatic carbocycles. The van der Waals surface area contributed by atoms with Gasteiger partial charge in [-0.25, -0.2) is 0 Å². The monoisotopic (exact) mass is 198 g/mol. The Kier molecular flexibility index (Phi) is 2.21. The average Bonchev–Trinajstić information content (AvgIpc) is 2.31. The molecule has 2 fully saturated rings. The van der Waals surface area contributed by atoms with Crippen molar-refractivity contribution in [1.82, 2.24) is 0 Å². The number of ether oxygens (including phenoxy) is 1. The minimum Gasteiger partial charge on any atom is -0.481 e. The molecule has 1 N–H and O–H groups in total. The summed E-state index contributed by atoms with van der Waals surface area (Å²) >= 11 is 0. The Balaban J connectivity index is 2.20. The highest BCUT2D eigenvalue weighted by Gasteiger charge is 2.44. The number of carboxylic acid groups (broad SMARTS) is 1. The van der Waals surface area contributed by atoms with Crippen molar-refractivity contribution in [1.29, 1.82) is 0 Å². The molecule has 0 radical (unpaired) electrons. The Morgan fingerprint density at radius 1 is 1.50 bits per heavy atom. The fourth-order valence-corrected chi connectivity index (χ4v) is 2.60. The quantitative estimate of drug-likeness (QED) is 0.639. The van der Waals surface area contributed by atoms with E-state index in [0.29, 0.717) is 5.92 Å². The molecule has 4 nitrogen and oxygen atoms in total. The maximum atomic E-state index is 11.2. The standard InChI is InChI=1S/C10H14O4/c1-5-2-6-3-8(5)14-9(11)4-7(6)10(12)13/h5-8H,2-4H2,1H3,(H,12,13). The number of rotatable bonds is 1. The predicted octanol–water partition coefficient (Wildman–Crippen LogP) is 1.05. The van der Waals surface area contributed by atoms with Gasteiger partial charge in [-0.3, -0.25) is 9.59 Å². The predicted molar refractivity (Wildman–Crippen MR) is 47.5 cm³/mol. The summed E-state index contributed by atoms with van der Waals surface area (Å²) in [6.07, 6.45) is 1.60. The van der Waals surface area contributed by atoms with Crippen LogP contribution in [-0.2, 0) is 14.3 Å². The van der Waals surface area contributed by atoms with E-state index < -0.39 is 11.9 Å². The van der Waals surface area contributed by atoms with Crippen LogP contribution in [0.1, 0.15) is 26.2 Å². The molecule has 2 aliphatic rings. The summed E-state index contributed by atoms with van der Waals surface area (Å²) in [6.45, 7) is 2.02. The van der Waals surface area contributed by atoms with E-state index in [0.717, 1.165) is 12.8 Å². The van der Waals surface area contributed by atoms with Gasteiger partial charge in [0.15, 0.2) is 0 Å². The van der Waals surface area contributed by atoms with Crippen LogP contribution < -0.4 is 0 Å². The van der Waals surface area contributed by atoms with E-state index in [9.17, 15) is 9.59 Å². The van der Waals surface area contributed by atoms with Crippen molar-refractivity contribution in [2.24, 2.45) is 17.8 Å². The fourth-order valence-electron chi connectivity index (χ4n) is 2.60. The van der Waals surface area contributed by atoms with E-state index in [4.69, 9.17) is 9.84 Å². The van der Waals surface area contributed by atoms with Crippen LogP contribution in [0.15, 0.2) is 0 Å². The van der Waals surface area contributed by atoms with E-state index in [1.165, 1.54) is 0 Å². The van der Waals surface area contributed by atoms with E-state index in [1.54, 1.807) is 0 Å². The summed E-state index contributed by atoms with van der Waals surface area (Å²) in [5, 5.41) is 8.98. The Labute approximate surface area is 82.2 Å². The summed E-state index contributed by atoms with van der Waals surface area (Å²) in [5.74, 6) is -1.30. The van der Waals surface area contributed by atoms with Gasteiger partial charge >= 0.3 is 11.9 Å². The molecule has 1 aliphatic heterocycles. The van der Waals surface area contributed by atoms with Crippen molar-refractivity contribution in [3.8, 4) is 0 Å². The molecule has 0 amide bonds. The lowest BCUT2D eigenvalue weighted by Gasteiger charge is -2.19. The maximum absolute atomic E-state index is 11.2. The third-order valence-corrected chi connectivity index (χ3v) is 3.40. The molecule has 0 aromatic rings. The zero-order chi connectivity index (χ0) is 10.3. The van der Waals surface area contributed by atoms with Crippen LogP contribution in [0.3, 0.4) is 0 Å². The molecule has 4 unspecified atom stereocenters. The lowest BCUT2D eigenvalue weighted by molar-refractivity contribution is -0.155. The third kappa shape index (κ3) is 1.49. The Bertz CT molecular complexity index is 273. The van der Waals surface area contributed by atoms with Gasteiger partial charge in [0.2, 0.25) is 0 Å². The number of esters is 1. The summed E-state index contributed by atoms with van der Waals surface area (Å²) < 4.78 is 5.19. The van der Waals surface area contributed by atoms with Gasteiger partial charge in [0.25, 0.3) is 0 Å². The van der Waals surface area contributed by atoms with Gasteiger partial charge in [-0.05, 0) is 24.7 Å². The second-order valence-corrected chi connectivity index (χ2v) is 4.39. The molecule has 78 valence electrons. The van der Waals surface area contributed by atoms with Crippen molar-refractivity contribution in [3.05, 3.63) is 0 Å². The summed E-state index contributed by atoms with van der Waals surface area (Å²) in [5.41, 5.74) is 0. The van der Waals surface area contributed by atoms with Crippen molar-refractivity contribution in [2.75, 3.05) is 0 Å². The highest BCUT2D eigenvalue weighted by Crippen LogP contribution is 2.41. The molecule has 1 saturated heterocycles. The van der Waals surface area contributed by atoms with E-state index in [2.05, 4.69) is 0 Å². The van der Waals surface area contributed by atoms with Crippen molar-refractivity contribution < 1.29 is 19.4 Å². The zero-order valence-corrected chi connectivity index (χ0v) is 8.10. The number of aliphatic carboxylic acids is 1. The third-order valence-electron chi connectivity index (χ3n) is 3.40. The number of hydrogen-bond acceptors (Lipinski definition) is 3. The van der Waals surface area contributed by atoms with Gasteiger partial charge in [-0.2, -0.15) is 0 Å². The highest BCUT2D eigenvalue weighted by atomic mass is 16.5. The molecular weight excluding hydrogens is 184 g/mol. The van der Waals surface area contributed by atoms with E-state index in [1.807, 2.05) is 6.92 Å². The lowest BCUT2D eigenvalue weighted by Crippen LogP contribution is -2.26. The van der Waals surface area contributed by atoms with Crippen LogP contribution in [0.2, 0.25) is 0 Å². The van der Waals surface area contributed by atoms with Gasteiger partial charge in [0.1, 0.15) is 6.10 Å². The molecule has 2 bridgehead atoms. The lowest BCUT2D eigenvalue weighted by atomic mass is 9.88. The smallest absolute Gasteiger partial charge is 0.307 e. The molecule has 0 aromatic carbocycles. The van der Waals surface area contributed by atoms with Crippen molar-refractivity contribution >= 4 is 11.9 Å². The second kappa shape index (κ2) is 3.26. The first-order chi connectivity index (χ1) is 6.58. The molecule has 0 spiro atoms. The number of hydrogen-bond donors (Lipinski definition) is 1. The first kappa shape index (κ1) is 9.49. The summed E-state index contributed by atoms with van der Waals surface area (Å²) in [6, 6.07) is 0. The van der Waals surface area contributed by atoms with Crippen LogP contribution in [-0.4, -0.2) is 23.1 Å². The van der Waals surface area contributed by atoms with Crippen LogP contribution in [0.4, 0.5) is 0 Å².